The van der Waals surface area contributed by atoms with E-state index in [2.05, 4.69) is 24.3 Å². The Morgan fingerprint density at radius 2 is 1.35 bits per heavy atom. The number of carbonyl (C=O) groups is 1. The summed E-state index contributed by atoms with van der Waals surface area (Å²) in [4.78, 5) is 12.1. The lowest BCUT2D eigenvalue weighted by molar-refractivity contribution is -0.203. The van der Waals surface area contributed by atoms with Crippen LogP contribution in [-0.4, -0.2) is 12.1 Å². The van der Waals surface area contributed by atoms with E-state index in [1.54, 1.807) is 0 Å². The highest BCUT2D eigenvalue weighted by Gasteiger charge is 2.55. The number of benzene rings is 2. The highest BCUT2D eigenvalue weighted by Crippen LogP contribution is 2.42. The van der Waals surface area contributed by atoms with E-state index in [0.29, 0.717) is 0 Å². The number of esters is 1. The topological polar surface area (TPSA) is 26.3 Å². The number of carbonyl (C=O) groups excluding carboxylic acids is 1. The van der Waals surface area contributed by atoms with Crippen LogP contribution in [0.4, 0.5) is 0 Å². The molecule has 1 unspecified atom stereocenters. The second kappa shape index (κ2) is 5.12. The van der Waals surface area contributed by atoms with Crippen LogP contribution in [0.15, 0.2) is 60.7 Å². The van der Waals surface area contributed by atoms with Crippen LogP contribution in [0.1, 0.15) is 18.1 Å². The summed E-state index contributed by atoms with van der Waals surface area (Å²) in [5.74, 6) is -0.0716. The summed E-state index contributed by atoms with van der Waals surface area (Å²) in [6.45, 7) is 1.99. The Morgan fingerprint density at radius 3 is 1.70 bits per heavy atom. The van der Waals surface area contributed by atoms with Gasteiger partial charge in [-0.15, -0.1) is 0 Å². The van der Waals surface area contributed by atoms with Crippen molar-refractivity contribution in [1.82, 2.24) is 0 Å². The van der Waals surface area contributed by atoms with Gasteiger partial charge in [0.25, 0.3) is 0 Å². The molecule has 102 valence electrons. The molecule has 0 bridgehead atoms. The van der Waals surface area contributed by atoms with E-state index < -0.39 is 5.41 Å². The molecule has 0 aliphatic carbocycles. The molecule has 0 N–H and O–H groups in total. The summed E-state index contributed by atoms with van der Waals surface area (Å²) < 4.78 is 5.26. The molecule has 1 heterocycles. The van der Waals surface area contributed by atoms with Gasteiger partial charge in [-0.05, 0) is 30.9 Å². The van der Waals surface area contributed by atoms with Gasteiger partial charge in [-0.2, -0.15) is 0 Å². The zero-order valence-electron chi connectivity index (χ0n) is 11.6. The molecule has 0 saturated carbocycles. The molecule has 2 aromatic carbocycles. The second-order valence-electron chi connectivity index (χ2n) is 5.53. The number of rotatable bonds is 4. The summed E-state index contributed by atoms with van der Waals surface area (Å²) in [6.07, 6.45) is 1.45. The molecule has 0 amide bonds. The summed E-state index contributed by atoms with van der Waals surface area (Å²) in [5, 5.41) is 0. The van der Waals surface area contributed by atoms with E-state index in [1.807, 2.05) is 43.3 Å². The smallest absolute Gasteiger partial charge is 0.316 e. The third-order valence-electron chi connectivity index (χ3n) is 4.19. The highest BCUT2D eigenvalue weighted by molar-refractivity contribution is 5.84. The summed E-state index contributed by atoms with van der Waals surface area (Å²) in [7, 11) is 0. The van der Waals surface area contributed by atoms with Gasteiger partial charge in [0.05, 0.1) is 0 Å². The summed E-state index contributed by atoms with van der Waals surface area (Å²) in [6, 6.07) is 20.3. The molecule has 1 atom stereocenters. The lowest BCUT2D eigenvalue weighted by Crippen LogP contribution is -2.57. The molecule has 0 spiro atoms. The minimum atomic E-state index is -0.414. The number of hydrogen-bond acceptors (Lipinski definition) is 2. The first-order valence-corrected chi connectivity index (χ1v) is 7.00. The minimum Gasteiger partial charge on any atom is -0.461 e. The van der Waals surface area contributed by atoms with Gasteiger partial charge in [-0.1, -0.05) is 60.7 Å². The zero-order chi connectivity index (χ0) is 14.0. The Hall–Kier alpha value is -2.09. The molecule has 2 aromatic rings. The minimum absolute atomic E-state index is 0.0320. The SMILES string of the molecule is CC1OC(=O)C1(Cc1ccccc1)Cc1ccccc1. The van der Waals surface area contributed by atoms with Gasteiger partial charge in [0.2, 0.25) is 0 Å². The second-order valence-corrected chi connectivity index (χ2v) is 5.53. The molecule has 2 heteroatoms. The van der Waals surface area contributed by atoms with Gasteiger partial charge in [0.1, 0.15) is 11.5 Å². The normalized spacial score (nSPS) is 20.1. The van der Waals surface area contributed by atoms with E-state index in [0.717, 1.165) is 12.8 Å². The molecular formula is C18H18O2. The molecule has 1 fully saturated rings. The van der Waals surface area contributed by atoms with Crippen LogP contribution in [0.25, 0.3) is 0 Å². The Morgan fingerprint density at radius 1 is 0.900 bits per heavy atom. The van der Waals surface area contributed by atoms with Crippen molar-refractivity contribution in [3.05, 3.63) is 71.8 Å². The maximum absolute atomic E-state index is 12.1. The number of ether oxygens (including phenoxy) is 1. The first kappa shape index (κ1) is 12.9. The Kier molecular flexibility index (Phi) is 3.31. The van der Waals surface area contributed by atoms with Crippen molar-refractivity contribution in [1.29, 1.82) is 0 Å². The molecule has 3 rings (SSSR count). The van der Waals surface area contributed by atoms with Crippen molar-refractivity contribution < 1.29 is 9.53 Å². The Labute approximate surface area is 119 Å². The average Bonchev–Trinajstić information content (AvgIpc) is 2.49. The first-order valence-electron chi connectivity index (χ1n) is 7.00. The summed E-state index contributed by atoms with van der Waals surface area (Å²) in [5.41, 5.74) is 1.96. The van der Waals surface area contributed by atoms with Crippen LogP contribution in [0, 0.1) is 5.41 Å². The molecular weight excluding hydrogens is 248 g/mol. The molecule has 1 aliphatic heterocycles. The molecule has 20 heavy (non-hydrogen) atoms. The van der Waals surface area contributed by atoms with Gasteiger partial charge in [0.15, 0.2) is 0 Å². The predicted molar refractivity (Wildman–Crippen MR) is 78.3 cm³/mol. The average molecular weight is 266 g/mol. The van der Waals surface area contributed by atoms with E-state index in [-0.39, 0.29) is 12.1 Å². The fourth-order valence-corrected chi connectivity index (χ4v) is 2.91. The van der Waals surface area contributed by atoms with Crippen molar-refractivity contribution in [2.45, 2.75) is 25.9 Å². The maximum atomic E-state index is 12.1. The van der Waals surface area contributed by atoms with Crippen molar-refractivity contribution in [2.75, 3.05) is 0 Å². The molecule has 2 nitrogen and oxygen atoms in total. The molecule has 0 aromatic heterocycles. The fourth-order valence-electron chi connectivity index (χ4n) is 2.91. The van der Waals surface area contributed by atoms with Crippen molar-refractivity contribution in [2.24, 2.45) is 5.41 Å². The summed E-state index contributed by atoms with van der Waals surface area (Å²) >= 11 is 0. The fraction of sp³-hybridized carbons (Fsp3) is 0.278. The highest BCUT2D eigenvalue weighted by atomic mass is 16.6. The monoisotopic (exact) mass is 266 g/mol. The third-order valence-corrected chi connectivity index (χ3v) is 4.19. The number of cyclic esters (lactones) is 1. The van der Waals surface area contributed by atoms with Crippen molar-refractivity contribution in [3.8, 4) is 0 Å². The largest absolute Gasteiger partial charge is 0.461 e. The molecule has 1 saturated heterocycles. The van der Waals surface area contributed by atoms with E-state index in [4.69, 9.17) is 4.74 Å². The van der Waals surface area contributed by atoms with E-state index in [9.17, 15) is 4.79 Å². The Balaban J connectivity index is 1.88. The Bertz CT molecular complexity index is 548. The third kappa shape index (κ3) is 2.22. The molecule has 1 aliphatic rings. The van der Waals surface area contributed by atoms with E-state index in [1.165, 1.54) is 11.1 Å². The van der Waals surface area contributed by atoms with Gasteiger partial charge in [-0.3, -0.25) is 4.79 Å². The number of hydrogen-bond donors (Lipinski definition) is 0. The van der Waals surface area contributed by atoms with Crippen LogP contribution in [-0.2, 0) is 22.4 Å². The lowest BCUT2D eigenvalue weighted by Gasteiger charge is -2.45. The zero-order valence-corrected chi connectivity index (χ0v) is 11.6. The van der Waals surface area contributed by atoms with Crippen molar-refractivity contribution >= 4 is 5.97 Å². The lowest BCUT2D eigenvalue weighted by atomic mass is 9.69. The predicted octanol–water partition coefficient (Wildman–Crippen LogP) is 3.40. The maximum Gasteiger partial charge on any atom is 0.316 e. The van der Waals surface area contributed by atoms with Crippen LogP contribution in [0.5, 0.6) is 0 Å². The van der Waals surface area contributed by atoms with Gasteiger partial charge < -0.3 is 4.74 Å². The van der Waals surface area contributed by atoms with Crippen LogP contribution in [0.2, 0.25) is 0 Å². The van der Waals surface area contributed by atoms with Crippen LogP contribution >= 0.6 is 0 Å². The van der Waals surface area contributed by atoms with Gasteiger partial charge >= 0.3 is 5.97 Å². The van der Waals surface area contributed by atoms with E-state index >= 15 is 0 Å². The van der Waals surface area contributed by atoms with Gasteiger partial charge in [0, 0.05) is 0 Å². The van der Waals surface area contributed by atoms with Gasteiger partial charge in [-0.25, -0.2) is 0 Å². The van der Waals surface area contributed by atoms with Crippen LogP contribution < -0.4 is 0 Å². The van der Waals surface area contributed by atoms with Crippen LogP contribution in [0.3, 0.4) is 0 Å². The quantitative estimate of drug-likeness (QED) is 0.793. The molecule has 0 radical (unpaired) electrons. The first-order chi connectivity index (χ1) is 9.71. The standard InChI is InChI=1S/C18H18O2/c1-14-18(17(19)20-14,12-15-8-4-2-5-9-15)13-16-10-6-3-7-11-16/h2-11,14H,12-13H2,1H3. The van der Waals surface area contributed by atoms with Crippen molar-refractivity contribution in [3.63, 3.8) is 0 Å².